The Hall–Kier alpha value is -1.15. The van der Waals surface area contributed by atoms with Gasteiger partial charge in [0.2, 0.25) is 15.9 Å². The third kappa shape index (κ3) is 4.26. The van der Waals surface area contributed by atoms with Gasteiger partial charge in [0.1, 0.15) is 6.54 Å². The predicted molar refractivity (Wildman–Crippen MR) is 50.6 cm³/mol. The number of carbonyl (C=O) groups excluding carboxylic acids is 1. The second-order valence-electron chi connectivity index (χ2n) is 3.24. The summed E-state index contributed by atoms with van der Waals surface area (Å²) in [6.07, 6.45) is 1.23. The third-order valence-corrected chi connectivity index (χ3v) is 3.73. The van der Waals surface area contributed by atoms with E-state index in [-0.39, 0.29) is 5.25 Å². The Bertz CT molecular complexity index is 360. The first-order chi connectivity index (χ1) is 6.92. The molecular weight excluding hydrogens is 224 g/mol. The number of carbonyl (C=O) groups is 2. The molecule has 1 fully saturated rings. The Balaban J connectivity index is 2.24. The van der Waals surface area contributed by atoms with E-state index in [4.69, 9.17) is 5.11 Å². The van der Waals surface area contributed by atoms with Gasteiger partial charge in [-0.2, -0.15) is 0 Å². The Morgan fingerprint density at radius 1 is 1.27 bits per heavy atom. The van der Waals surface area contributed by atoms with Crippen molar-refractivity contribution in [1.82, 2.24) is 10.0 Å². The van der Waals surface area contributed by atoms with Gasteiger partial charge in [0.15, 0.2) is 0 Å². The Morgan fingerprint density at radius 2 is 1.87 bits per heavy atom. The van der Waals surface area contributed by atoms with Crippen molar-refractivity contribution >= 4 is 21.9 Å². The molecule has 0 saturated heterocycles. The van der Waals surface area contributed by atoms with Crippen molar-refractivity contribution in [3.8, 4) is 0 Å². The summed E-state index contributed by atoms with van der Waals surface area (Å²) in [6.45, 7) is -0.921. The van der Waals surface area contributed by atoms with Crippen LogP contribution in [0.3, 0.4) is 0 Å². The smallest absolute Gasteiger partial charge is 0.322 e. The molecule has 1 rings (SSSR count). The van der Waals surface area contributed by atoms with Crippen molar-refractivity contribution in [2.24, 2.45) is 0 Å². The number of nitrogens with one attached hydrogen (secondary N) is 2. The lowest BCUT2D eigenvalue weighted by Crippen LogP contribution is -2.40. The van der Waals surface area contributed by atoms with E-state index < -0.39 is 35.0 Å². The summed E-state index contributed by atoms with van der Waals surface area (Å²) in [4.78, 5) is 21.0. The van der Waals surface area contributed by atoms with Gasteiger partial charge < -0.3 is 10.4 Å². The Morgan fingerprint density at radius 3 is 2.33 bits per heavy atom. The van der Waals surface area contributed by atoms with E-state index in [9.17, 15) is 18.0 Å². The lowest BCUT2D eigenvalue weighted by atomic mass is 10.5. The molecule has 86 valence electrons. The highest BCUT2D eigenvalue weighted by Crippen LogP contribution is 2.27. The van der Waals surface area contributed by atoms with Gasteiger partial charge in [0.25, 0.3) is 0 Å². The minimum absolute atomic E-state index is 0.384. The predicted octanol–water partition coefficient (Wildman–Crippen LogP) is -1.73. The van der Waals surface area contributed by atoms with Crippen LogP contribution in [0.25, 0.3) is 0 Å². The molecule has 0 radical (unpaired) electrons. The molecule has 0 spiro atoms. The van der Waals surface area contributed by atoms with Crippen molar-refractivity contribution in [1.29, 1.82) is 0 Å². The number of sulfonamides is 1. The standard InChI is InChI=1S/C7H12N2O5S/c10-6(8-4-7(11)12)3-9-15(13,14)5-1-2-5/h5,9H,1-4H2,(H,8,10)(H,11,12). The normalized spacial score (nSPS) is 16.0. The molecule has 3 N–H and O–H groups in total. The van der Waals surface area contributed by atoms with Crippen molar-refractivity contribution in [3.05, 3.63) is 0 Å². The largest absolute Gasteiger partial charge is 0.480 e. The molecule has 1 aliphatic rings. The molecule has 0 unspecified atom stereocenters. The number of hydrogen-bond donors (Lipinski definition) is 3. The molecular formula is C7H12N2O5S. The molecule has 0 atom stereocenters. The maximum atomic E-state index is 11.2. The maximum absolute atomic E-state index is 11.2. The van der Waals surface area contributed by atoms with Crippen LogP contribution in [-0.4, -0.2) is 43.7 Å². The molecule has 8 heteroatoms. The average molecular weight is 236 g/mol. The highest BCUT2D eigenvalue weighted by Gasteiger charge is 2.35. The second kappa shape index (κ2) is 4.58. The summed E-state index contributed by atoms with van der Waals surface area (Å²) in [7, 11) is -3.38. The van der Waals surface area contributed by atoms with E-state index in [2.05, 4.69) is 4.72 Å². The van der Waals surface area contributed by atoms with Crippen LogP contribution in [0.5, 0.6) is 0 Å². The van der Waals surface area contributed by atoms with Gasteiger partial charge in [0, 0.05) is 0 Å². The van der Waals surface area contributed by atoms with Crippen LogP contribution < -0.4 is 10.0 Å². The van der Waals surface area contributed by atoms with Gasteiger partial charge >= 0.3 is 5.97 Å². The molecule has 0 aromatic heterocycles. The van der Waals surface area contributed by atoms with Crippen molar-refractivity contribution in [2.75, 3.05) is 13.1 Å². The van der Waals surface area contributed by atoms with Crippen LogP contribution in [0, 0.1) is 0 Å². The van der Waals surface area contributed by atoms with Gasteiger partial charge in [-0.25, -0.2) is 13.1 Å². The summed E-state index contributed by atoms with van der Waals surface area (Å²) in [6, 6.07) is 0. The zero-order valence-corrected chi connectivity index (χ0v) is 8.71. The summed E-state index contributed by atoms with van der Waals surface area (Å²) in [5, 5.41) is 9.90. The number of aliphatic carboxylic acids is 1. The fourth-order valence-electron chi connectivity index (χ4n) is 0.899. The average Bonchev–Trinajstić information content (AvgIpc) is 2.94. The zero-order valence-electron chi connectivity index (χ0n) is 7.89. The van der Waals surface area contributed by atoms with E-state index in [0.29, 0.717) is 12.8 Å². The lowest BCUT2D eigenvalue weighted by Gasteiger charge is -2.04. The Labute approximate surface area is 86.9 Å². The van der Waals surface area contributed by atoms with Gasteiger partial charge in [-0.15, -0.1) is 0 Å². The van der Waals surface area contributed by atoms with E-state index >= 15 is 0 Å². The quantitative estimate of drug-likeness (QED) is 0.507. The van der Waals surface area contributed by atoms with Crippen LogP contribution in [0.15, 0.2) is 0 Å². The second-order valence-corrected chi connectivity index (χ2v) is 5.28. The van der Waals surface area contributed by atoms with E-state index in [1.807, 2.05) is 5.32 Å². The number of rotatable bonds is 6. The van der Waals surface area contributed by atoms with Crippen LogP contribution in [0.4, 0.5) is 0 Å². The number of carboxylic acids is 1. The fourth-order valence-corrected chi connectivity index (χ4v) is 2.22. The fraction of sp³-hybridized carbons (Fsp3) is 0.714. The van der Waals surface area contributed by atoms with Crippen LogP contribution >= 0.6 is 0 Å². The summed E-state index contributed by atoms with van der Waals surface area (Å²) in [5.41, 5.74) is 0. The van der Waals surface area contributed by atoms with E-state index in [0.717, 1.165) is 0 Å². The van der Waals surface area contributed by atoms with Crippen molar-refractivity contribution in [3.63, 3.8) is 0 Å². The van der Waals surface area contributed by atoms with Gasteiger partial charge in [-0.05, 0) is 12.8 Å². The van der Waals surface area contributed by atoms with Crippen LogP contribution in [-0.2, 0) is 19.6 Å². The Kier molecular flexibility index (Phi) is 3.64. The van der Waals surface area contributed by atoms with Gasteiger partial charge in [-0.1, -0.05) is 0 Å². The molecule has 1 saturated carbocycles. The SMILES string of the molecule is O=C(O)CNC(=O)CNS(=O)(=O)C1CC1. The van der Waals surface area contributed by atoms with Crippen molar-refractivity contribution in [2.45, 2.75) is 18.1 Å². The molecule has 0 aliphatic heterocycles. The highest BCUT2D eigenvalue weighted by atomic mass is 32.2. The number of carboxylic acid groups (broad SMARTS) is 1. The van der Waals surface area contributed by atoms with E-state index in [1.165, 1.54) is 0 Å². The van der Waals surface area contributed by atoms with Crippen molar-refractivity contribution < 1.29 is 23.1 Å². The minimum Gasteiger partial charge on any atom is -0.480 e. The molecule has 15 heavy (non-hydrogen) atoms. The molecule has 0 heterocycles. The number of hydrogen-bond acceptors (Lipinski definition) is 4. The summed E-state index contributed by atoms with van der Waals surface area (Å²) in [5.74, 6) is -1.82. The van der Waals surface area contributed by atoms with Crippen LogP contribution in [0.1, 0.15) is 12.8 Å². The monoisotopic (exact) mass is 236 g/mol. The molecule has 0 aromatic rings. The van der Waals surface area contributed by atoms with Crippen LogP contribution in [0.2, 0.25) is 0 Å². The first-order valence-corrected chi connectivity index (χ1v) is 5.93. The maximum Gasteiger partial charge on any atom is 0.322 e. The van der Waals surface area contributed by atoms with Gasteiger partial charge in [-0.3, -0.25) is 9.59 Å². The zero-order chi connectivity index (χ0) is 11.5. The lowest BCUT2D eigenvalue weighted by molar-refractivity contribution is -0.137. The topological polar surface area (TPSA) is 113 Å². The minimum atomic E-state index is -3.38. The molecule has 1 amide bonds. The number of amides is 1. The van der Waals surface area contributed by atoms with E-state index in [1.54, 1.807) is 0 Å². The first-order valence-electron chi connectivity index (χ1n) is 4.39. The molecule has 0 aromatic carbocycles. The molecule has 1 aliphatic carbocycles. The molecule has 0 bridgehead atoms. The highest BCUT2D eigenvalue weighted by molar-refractivity contribution is 7.90. The molecule has 7 nitrogen and oxygen atoms in total. The van der Waals surface area contributed by atoms with Gasteiger partial charge in [0.05, 0.1) is 11.8 Å². The summed E-state index contributed by atoms with van der Waals surface area (Å²) >= 11 is 0. The first kappa shape index (κ1) is 11.9. The summed E-state index contributed by atoms with van der Waals surface area (Å²) < 4.78 is 24.6. The third-order valence-electron chi connectivity index (χ3n) is 1.83.